The van der Waals surface area contributed by atoms with Gasteiger partial charge in [0.1, 0.15) is 18.3 Å². The van der Waals surface area contributed by atoms with Gasteiger partial charge in [-0.15, -0.1) is 0 Å². The fourth-order valence-electron chi connectivity index (χ4n) is 5.10. The first-order chi connectivity index (χ1) is 22.9. The normalized spacial score (nSPS) is 11.8. The van der Waals surface area contributed by atoms with Gasteiger partial charge < -0.3 is 15.0 Å². The Balaban J connectivity index is 1.84. The average molecular weight is 738 g/mol. The van der Waals surface area contributed by atoms with Gasteiger partial charge in [0.25, 0.3) is 15.7 Å². The van der Waals surface area contributed by atoms with Crippen molar-refractivity contribution in [1.29, 1.82) is 0 Å². The highest BCUT2D eigenvalue weighted by atomic mass is 79.9. The van der Waals surface area contributed by atoms with Crippen LogP contribution in [0.3, 0.4) is 0 Å². The van der Waals surface area contributed by atoms with E-state index in [1.807, 2.05) is 61.5 Å². The lowest BCUT2D eigenvalue weighted by atomic mass is 10.0. The summed E-state index contributed by atoms with van der Waals surface area (Å²) in [5.41, 5.74) is 1.57. The Morgan fingerprint density at radius 3 is 2.27 bits per heavy atom. The molecule has 0 fully saturated rings. The van der Waals surface area contributed by atoms with Crippen LogP contribution in [-0.2, 0) is 32.6 Å². The van der Waals surface area contributed by atoms with Crippen LogP contribution in [0.15, 0.2) is 106 Å². The van der Waals surface area contributed by atoms with Crippen LogP contribution >= 0.6 is 15.9 Å². The maximum atomic E-state index is 14.6. The van der Waals surface area contributed by atoms with Crippen molar-refractivity contribution in [3.63, 3.8) is 0 Å². The van der Waals surface area contributed by atoms with Gasteiger partial charge in [0.15, 0.2) is 0 Å². The summed E-state index contributed by atoms with van der Waals surface area (Å²) in [5, 5.41) is 14.6. The molecule has 0 unspecified atom stereocenters. The molecular weight excluding hydrogens is 700 g/mol. The van der Waals surface area contributed by atoms with Crippen molar-refractivity contribution in [1.82, 2.24) is 10.2 Å². The SMILES string of the molecule is CCCNC(=O)[C@@H](Cc1ccccc1)N(Cc1cccc(Br)c1)C(=O)CN(c1ccc(OC)cc1)S(=O)(=O)c1ccc(C)c([N+](=O)[O-])c1. The fourth-order valence-corrected chi connectivity index (χ4v) is 6.98. The second kappa shape index (κ2) is 16.4. The summed E-state index contributed by atoms with van der Waals surface area (Å²) in [6.07, 6.45) is 0.852. The number of halogens is 1. The highest BCUT2D eigenvalue weighted by Gasteiger charge is 2.35. The van der Waals surface area contributed by atoms with E-state index in [4.69, 9.17) is 4.74 Å². The third-order valence-electron chi connectivity index (χ3n) is 7.67. The molecule has 11 nitrogen and oxygen atoms in total. The number of nitro benzene ring substituents is 1. The number of hydrogen-bond acceptors (Lipinski definition) is 7. The van der Waals surface area contributed by atoms with E-state index in [9.17, 15) is 28.1 Å². The van der Waals surface area contributed by atoms with Crippen molar-refractivity contribution in [3.8, 4) is 5.75 Å². The van der Waals surface area contributed by atoms with E-state index in [1.165, 1.54) is 43.2 Å². The van der Waals surface area contributed by atoms with Crippen LogP contribution < -0.4 is 14.4 Å². The molecule has 0 bridgehead atoms. The van der Waals surface area contributed by atoms with Crippen molar-refractivity contribution in [2.75, 3.05) is 24.5 Å². The molecule has 1 atom stereocenters. The highest BCUT2D eigenvalue weighted by Crippen LogP contribution is 2.30. The molecule has 4 aromatic rings. The molecule has 0 aliphatic heterocycles. The summed E-state index contributed by atoms with van der Waals surface area (Å²) >= 11 is 3.47. The molecule has 0 aliphatic rings. The Morgan fingerprint density at radius 2 is 1.65 bits per heavy atom. The Kier molecular flexibility index (Phi) is 12.3. The zero-order valence-corrected chi connectivity index (χ0v) is 29.2. The molecule has 0 spiro atoms. The van der Waals surface area contributed by atoms with E-state index >= 15 is 0 Å². The van der Waals surface area contributed by atoms with E-state index < -0.39 is 33.4 Å². The monoisotopic (exact) mass is 736 g/mol. The number of carbonyl (C=O) groups excluding carboxylic acids is 2. The summed E-state index contributed by atoms with van der Waals surface area (Å²) in [6.45, 7) is 3.12. The van der Waals surface area contributed by atoms with Crippen LogP contribution in [0.4, 0.5) is 11.4 Å². The van der Waals surface area contributed by atoms with E-state index in [1.54, 1.807) is 12.1 Å². The first-order valence-electron chi connectivity index (χ1n) is 15.2. The number of carbonyl (C=O) groups is 2. The van der Waals surface area contributed by atoms with Gasteiger partial charge in [-0.1, -0.05) is 71.4 Å². The van der Waals surface area contributed by atoms with Gasteiger partial charge in [-0.2, -0.15) is 0 Å². The van der Waals surface area contributed by atoms with E-state index in [-0.39, 0.29) is 40.7 Å². The first-order valence-corrected chi connectivity index (χ1v) is 17.4. The third kappa shape index (κ3) is 8.98. The molecule has 0 aromatic heterocycles. The summed E-state index contributed by atoms with van der Waals surface area (Å²) < 4.78 is 35.5. The van der Waals surface area contributed by atoms with Crippen LogP contribution in [0.1, 0.15) is 30.0 Å². The predicted octanol–water partition coefficient (Wildman–Crippen LogP) is 6.04. The van der Waals surface area contributed by atoms with Crippen LogP contribution in [0, 0.1) is 17.0 Å². The number of anilines is 1. The van der Waals surface area contributed by atoms with Crippen LogP contribution in [0.2, 0.25) is 0 Å². The number of amides is 2. The number of methoxy groups -OCH3 is 1. The largest absolute Gasteiger partial charge is 0.497 e. The third-order valence-corrected chi connectivity index (χ3v) is 9.93. The number of hydrogen-bond donors (Lipinski definition) is 1. The van der Waals surface area contributed by atoms with Crippen LogP contribution in [0.25, 0.3) is 0 Å². The maximum absolute atomic E-state index is 14.6. The topological polar surface area (TPSA) is 139 Å². The highest BCUT2D eigenvalue weighted by molar-refractivity contribution is 9.10. The van der Waals surface area contributed by atoms with Crippen molar-refractivity contribution < 1.29 is 27.7 Å². The zero-order chi connectivity index (χ0) is 34.8. The minimum absolute atomic E-state index is 0.00181. The van der Waals surface area contributed by atoms with Crippen LogP contribution in [0.5, 0.6) is 5.75 Å². The summed E-state index contributed by atoms with van der Waals surface area (Å²) in [7, 11) is -3.07. The zero-order valence-electron chi connectivity index (χ0n) is 26.8. The maximum Gasteiger partial charge on any atom is 0.273 e. The van der Waals surface area contributed by atoms with E-state index in [0.29, 0.717) is 24.3 Å². The Morgan fingerprint density at radius 1 is 0.958 bits per heavy atom. The molecule has 0 radical (unpaired) electrons. The van der Waals surface area contributed by atoms with Crippen molar-refractivity contribution in [2.45, 2.75) is 44.2 Å². The second-order valence-corrected chi connectivity index (χ2v) is 13.8. The molecule has 0 aliphatic carbocycles. The lowest BCUT2D eigenvalue weighted by Gasteiger charge is -2.34. The van der Waals surface area contributed by atoms with Gasteiger partial charge >= 0.3 is 0 Å². The lowest BCUT2D eigenvalue weighted by molar-refractivity contribution is -0.385. The smallest absolute Gasteiger partial charge is 0.273 e. The summed E-state index contributed by atoms with van der Waals surface area (Å²) in [6, 6.07) is 25.2. The van der Waals surface area contributed by atoms with Gasteiger partial charge in [0.05, 0.1) is 22.6 Å². The lowest BCUT2D eigenvalue weighted by Crippen LogP contribution is -2.53. The minimum Gasteiger partial charge on any atom is -0.497 e. The number of sulfonamides is 1. The summed E-state index contributed by atoms with van der Waals surface area (Å²) in [4.78, 5) is 40.4. The number of nitrogens with zero attached hydrogens (tertiary/aromatic N) is 3. The average Bonchev–Trinajstić information content (AvgIpc) is 3.08. The standard InChI is InChI=1S/C35H37BrN4O7S/c1-4-19-37-35(42)33(21-26-9-6-5-7-10-26)38(23-27-11-8-12-28(36)20-27)34(41)24-39(29-14-16-30(47-3)17-15-29)48(45,46)31-18-13-25(2)32(22-31)40(43)44/h5-18,20,22,33H,4,19,21,23-24H2,1-3H3,(H,37,42)/t33-/m1/s1. The Bertz CT molecular complexity index is 1850. The first kappa shape index (κ1) is 36.1. The molecule has 4 aromatic carbocycles. The number of aryl methyl sites for hydroxylation is 1. The molecule has 0 saturated heterocycles. The van der Waals surface area contributed by atoms with E-state index in [2.05, 4.69) is 21.2 Å². The van der Waals surface area contributed by atoms with Crippen molar-refractivity contribution >= 4 is 49.1 Å². The van der Waals surface area contributed by atoms with Crippen molar-refractivity contribution in [2.24, 2.45) is 0 Å². The molecule has 2 amide bonds. The molecule has 48 heavy (non-hydrogen) atoms. The molecule has 13 heteroatoms. The van der Waals surface area contributed by atoms with Gasteiger partial charge in [-0.05, 0) is 66.9 Å². The number of benzene rings is 4. The number of rotatable bonds is 15. The van der Waals surface area contributed by atoms with Gasteiger partial charge in [-0.3, -0.25) is 24.0 Å². The summed E-state index contributed by atoms with van der Waals surface area (Å²) in [5.74, 6) is -0.569. The van der Waals surface area contributed by atoms with Gasteiger partial charge in [-0.25, -0.2) is 8.42 Å². The van der Waals surface area contributed by atoms with Gasteiger partial charge in [0, 0.05) is 35.6 Å². The molecule has 0 saturated carbocycles. The van der Waals surface area contributed by atoms with Crippen molar-refractivity contribution in [3.05, 3.63) is 128 Å². The number of nitrogens with one attached hydrogen (secondary N) is 1. The minimum atomic E-state index is -4.54. The predicted molar refractivity (Wildman–Crippen MR) is 187 cm³/mol. The van der Waals surface area contributed by atoms with Crippen LogP contribution in [-0.4, -0.2) is 56.3 Å². The molecule has 252 valence electrons. The fraction of sp³-hybridized carbons (Fsp3) is 0.257. The molecular formula is C35H37BrN4O7S. The Labute approximate surface area is 288 Å². The number of nitro groups is 1. The quantitative estimate of drug-likeness (QED) is 0.116. The molecule has 0 heterocycles. The second-order valence-electron chi connectivity index (χ2n) is 11.1. The van der Waals surface area contributed by atoms with Gasteiger partial charge in [0.2, 0.25) is 11.8 Å². The van der Waals surface area contributed by atoms with E-state index in [0.717, 1.165) is 20.4 Å². The molecule has 1 N–H and O–H groups in total. The molecule has 4 rings (SSSR count). The Hall–Kier alpha value is -4.75. The number of ether oxygens (including phenoxy) is 1.